The number of hydrogen-bond donors (Lipinski definition) is 0. The molecule has 0 N–H and O–H groups in total. The summed E-state index contributed by atoms with van der Waals surface area (Å²) in [6.07, 6.45) is 0. The van der Waals surface area contributed by atoms with Crippen molar-refractivity contribution in [3.63, 3.8) is 0 Å². The Morgan fingerprint density at radius 3 is 1.17 bits per heavy atom. The molecule has 524 valence electrons. The van der Waals surface area contributed by atoms with Gasteiger partial charge in [-0.2, -0.15) is 0 Å². The van der Waals surface area contributed by atoms with E-state index in [0.717, 1.165) is 66.5 Å². The van der Waals surface area contributed by atoms with Crippen LogP contribution in [0.2, 0.25) is 0 Å². The minimum absolute atomic E-state index is 0.256. The molecule has 22 aromatic rings. The second kappa shape index (κ2) is 28.1. The topological polar surface area (TPSA) is 23.0 Å². The van der Waals surface area contributed by atoms with Gasteiger partial charge in [-0.25, -0.2) is 0 Å². The number of fused-ring (bicyclic) bond motifs is 12. The van der Waals surface area contributed by atoms with Crippen LogP contribution in [0.15, 0.2) is 429 Å². The van der Waals surface area contributed by atoms with E-state index in [2.05, 4.69) is 428 Å². The van der Waals surface area contributed by atoms with Gasteiger partial charge in [-0.05, 0) is 122 Å². The molecule has 0 bridgehead atoms. The van der Waals surface area contributed by atoms with Crippen LogP contribution in [0.1, 0.15) is 0 Å². The number of hydrogen-bond acceptors (Lipinski definition) is 1. The molecule has 0 aliphatic heterocycles. The van der Waals surface area contributed by atoms with Gasteiger partial charge < -0.3 is 8.98 Å². The molecule has 0 unspecified atom stereocenters. The summed E-state index contributed by atoms with van der Waals surface area (Å²) in [6.45, 7) is 0. The molecule has 4 heterocycles. The molecule has 22 rings (SSSR count). The molecule has 18 aromatic carbocycles. The molecular weight excluding hydrogens is 1420 g/mol. The van der Waals surface area contributed by atoms with Gasteiger partial charge in [-0.1, -0.05) is 188 Å². The Bertz CT molecular complexity index is 7330. The monoisotopic (exact) mass is 1490 g/mol. The van der Waals surface area contributed by atoms with Crippen molar-refractivity contribution in [2.24, 2.45) is 0 Å². The van der Waals surface area contributed by atoms with E-state index in [1.807, 2.05) is 6.07 Å². The van der Waals surface area contributed by atoms with Crippen LogP contribution in [-0.4, -0.2) is 23.6 Å². The fourth-order valence-corrected chi connectivity index (χ4v) is 19.5. The third-order valence-electron chi connectivity index (χ3n) is 22.4. The van der Waals surface area contributed by atoms with Crippen molar-refractivity contribution in [1.82, 2.24) is 9.13 Å². The van der Waals surface area contributed by atoms with Gasteiger partial charge in [0.1, 0.15) is 11.2 Å². The maximum absolute atomic E-state index is 6.64. The zero-order valence-corrected chi connectivity index (χ0v) is 62.8. The fourth-order valence-electron chi connectivity index (χ4n) is 16.9. The molecule has 3 nitrogen and oxygen atoms in total. The molecule has 0 saturated carbocycles. The second-order valence-corrected chi connectivity index (χ2v) is 31.3. The van der Waals surface area contributed by atoms with Gasteiger partial charge in [-0.15, -0.1) is 0 Å². The summed E-state index contributed by atoms with van der Waals surface area (Å²) in [5, 5.41) is 9.99. The van der Waals surface area contributed by atoms with Gasteiger partial charge in [0.25, 0.3) is 0 Å². The molecule has 4 heteroatoms. The smallest absolute Gasteiger partial charge is 0.455 e. The SMILES string of the molecule is c1ccc(-c2ccc(-c3cc(-c4ccc5c6ccccc6n(-c6ccccc6)c5c4)cc(-c4cccc5c4[se]c4ccccc45)c3)cc2)cc1.c1ccc(-c2cccc(-c3cc(-c4ccc5c6cc(-c7ccccc7)ccc6n(-c6cccc(-c7ccccc7)c6)c5c4)cc(-c4cccc5c4oc4ccccc45)c3)c2)cc1. The second-order valence-electron chi connectivity index (χ2n) is 29.1. The maximum atomic E-state index is 6.64. The first-order valence-corrected chi connectivity index (χ1v) is 40.0. The van der Waals surface area contributed by atoms with Crippen molar-refractivity contribution in [2.75, 3.05) is 0 Å². The van der Waals surface area contributed by atoms with E-state index in [9.17, 15) is 0 Å². The third kappa shape index (κ3) is 12.0. The zero-order valence-electron chi connectivity index (χ0n) is 61.1. The van der Waals surface area contributed by atoms with Gasteiger partial charge in [0.15, 0.2) is 0 Å². The Morgan fingerprint density at radius 2 is 0.536 bits per heavy atom. The fraction of sp³-hybridized carbons (Fsp3) is 0. The molecule has 0 spiro atoms. The van der Waals surface area contributed by atoms with Gasteiger partial charge in [0.05, 0.1) is 11.0 Å². The first-order valence-electron chi connectivity index (χ1n) is 38.3. The van der Waals surface area contributed by atoms with Crippen LogP contribution in [0.3, 0.4) is 0 Å². The van der Waals surface area contributed by atoms with E-state index in [0.29, 0.717) is 0 Å². The number of benzene rings is 18. The predicted molar refractivity (Wildman–Crippen MR) is 475 cm³/mol. The van der Waals surface area contributed by atoms with E-state index < -0.39 is 0 Å². The summed E-state index contributed by atoms with van der Waals surface area (Å²) in [6, 6.07) is 155. The normalized spacial score (nSPS) is 11.6. The van der Waals surface area contributed by atoms with E-state index in [-0.39, 0.29) is 14.5 Å². The van der Waals surface area contributed by atoms with Crippen molar-refractivity contribution in [2.45, 2.75) is 0 Å². The molecule has 112 heavy (non-hydrogen) atoms. The van der Waals surface area contributed by atoms with E-state index in [1.54, 1.807) is 0 Å². The van der Waals surface area contributed by atoms with Crippen LogP contribution in [0, 0.1) is 0 Å². The average Bonchev–Trinajstić information content (AvgIpc) is 1.58. The number of rotatable bonds is 12. The third-order valence-corrected chi connectivity index (χ3v) is 24.9. The van der Waals surface area contributed by atoms with Crippen molar-refractivity contribution < 1.29 is 4.42 Å². The molecule has 0 aliphatic carbocycles. The summed E-state index contributed by atoms with van der Waals surface area (Å²) in [5.41, 5.74) is 32.7. The van der Waals surface area contributed by atoms with Gasteiger partial charge in [0, 0.05) is 32.8 Å². The molecule has 0 radical (unpaired) electrons. The number of furan rings is 1. The van der Waals surface area contributed by atoms with E-state index in [4.69, 9.17) is 4.42 Å². The Kier molecular flexibility index (Phi) is 16.6. The first-order chi connectivity index (χ1) is 55.5. The van der Waals surface area contributed by atoms with Crippen LogP contribution in [0.4, 0.5) is 0 Å². The summed E-state index contributed by atoms with van der Waals surface area (Å²) in [4.78, 5) is 0. The molecule has 0 amide bonds. The zero-order chi connectivity index (χ0) is 74.0. The summed E-state index contributed by atoms with van der Waals surface area (Å²) < 4.78 is 14.4. The summed E-state index contributed by atoms with van der Waals surface area (Å²) in [5.74, 6) is 0. The quantitative estimate of drug-likeness (QED) is 0.112. The van der Waals surface area contributed by atoms with Gasteiger partial charge in [0.2, 0.25) is 0 Å². The van der Waals surface area contributed by atoms with Gasteiger partial charge in [-0.3, -0.25) is 0 Å². The van der Waals surface area contributed by atoms with Crippen LogP contribution in [0.25, 0.3) is 207 Å². The Labute approximate surface area is 655 Å². The van der Waals surface area contributed by atoms with Crippen molar-refractivity contribution in [1.29, 1.82) is 0 Å². The van der Waals surface area contributed by atoms with Crippen LogP contribution in [0.5, 0.6) is 0 Å². The average molecular weight is 1490 g/mol. The van der Waals surface area contributed by atoms with Crippen LogP contribution < -0.4 is 0 Å². The molecule has 0 saturated heterocycles. The van der Waals surface area contributed by atoms with Crippen LogP contribution >= 0.6 is 0 Å². The molecule has 0 aliphatic rings. The molecular formula is C108H70N2OSe. The van der Waals surface area contributed by atoms with Crippen molar-refractivity contribution in [3.05, 3.63) is 425 Å². The van der Waals surface area contributed by atoms with Crippen molar-refractivity contribution >= 4 is 99.3 Å². The number of nitrogens with zero attached hydrogens (tertiary/aromatic N) is 2. The predicted octanol–water partition coefficient (Wildman–Crippen LogP) is 29.5. The van der Waals surface area contributed by atoms with E-state index in [1.165, 1.54) is 141 Å². The minimum Gasteiger partial charge on any atom is -0.455 e. The standard InChI is InChI=1S/C60H39NO.C48H31NSe/c1-4-15-40(16-5-1)43-21-12-22-44(33-43)48-34-49(36-50(35-48)52-26-14-27-55-54-25-10-11-28-59(54)62-60(52)55)47-29-31-53-56-38-46(42-19-8-3-9-20-42)30-32-57(56)61(58(53)39-47)51-24-13-23-45(37-51)41-17-6-2-7-18-41;1-3-12-32(13-4-1)33-22-24-34(25-23-33)36-28-37(30-38(29-36)40-18-11-19-44-43-17-8-10-21-47(43)50-48(40)44)35-26-27-42-41-16-7-9-20-45(41)49(46(42)31-35)39-14-5-2-6-15-39/h1-39H;1-31H. The van der Waals surface area contributed by atoms with Gasteiger partial charge >= 0.3 is 286 Å². The first kappa shape index (κ1) is 66.1. The molecule has 4 aromatic heterocycles. The summed E-state index contributed by atoms with van der Waals surface area (Å²) in [7, 11) is 0. The Hall–Kier alpha value is -14.1. The Morgan fingerprint density at radius 1 is 0.179 bits per heavy atom. The minimum atomic E-state index is 0.256. The Balaban J connectivity index is 0.000000145. The summed E-state index contributed by atoms with van der Waals surface area (Å²) >= 11 is 0.256. The van der Waals surface area contributed by atoms with Crippen molar-refractivity contribution in [3.8, 4) is 123 Å². The number of aromatic nitrogens is 2. The number of para-hydroxylation sites is 4. The molecule has 0 atom stereocenters. The van der Waals surface area contributed by atoms with Crippen LogP contribution in [-0.2, 0) is 0 Å². The molecule has 0 fully saturated rings. The van der Waals surface area contributed by atoms with E-state index >= 15 is 0 Å².